The Morgan fingerprint density at radius 3 is 0.971 bits per heavy atom. The van der Waals surface area contributed by atoms with Crippen molar-refractivity contribution >= 4 is 149 Å². The van der Waals surface area contributed by atoms with Gasteiger partial charge in [-0.3, -0.25) is 9.59 Å². The van der Waals surface area contributed by atoms with Gasteiger partial charge in [-0.05, 0) is 147 Å². The molecule has 8 aromatic heterocycles. The number of esters is 2. The number of halogens is 1. The van der Waals surface area contributed by atoms with Crippen LogP contribution in [0.25, 0.3) is 44.1 Å². The second-order valence-electron chi connectivity index (χ2n) is 34.9. The number of aryl methyl sites for hydroxylation is 6. The number of aliphatic hydroxyl groups is 2. The van der Waals surface area contributed by atoms with Crippen LogP contribution in [0.3, 0.4) is 0 Å². The van der Waals surface area contributed by atoms with Crippen molar-refractivity contribution in [3.05, 3.63) is 169 Å². The number of carboxylic acid groups (broad SMARTS) is 2. The van der Waals surface area contributed by atoms with Gasteiger partial charge >= 0.3 is 36.2 Å². The molecule has 752 valence electrons. The lowest BCUT2D eigenvalue weighted by molar-refractivity contribution is -0.193. The number of nitrogens with one attached hydrogen (secondary N) is 1. The van der Waals surface area contributed by atoms with Gasteiger partial charge < -0.3 is 68.2 Å². The third kappa shape index (κ3) is 24.9. The molecule has 0 radical (unpaired) electrons. The van der Waals surface area contributed by atoms with Crippen LogP contribution in [0.2, 0.25) is 5.28 Å². The van der Waals surface area contributed by atoms with Crippen LogP contribution in [-0.2, 0) is 143 Å². The SMILES string of the molecule is C.CC(=O)OCc1cc2nc3n(c2cc1S(C)(=O)=O)CCN[C@@H]3C(C)C.CCc1cnc(Cl)nc1C.CCc1cnc(N2CCn3c(nc4cc(COC(C)=O)c(S(C)(=O)=O)cc43)[C@H]2C(C)C)nc1C.Cc1nc(N2CCn3c(nc4cc(CO)c(S(C)(=O)=O)cc43)[C@@H]2C(C)C)ncc1C(=O)O.Cc1nc(N2CCn3c(nc4cc(CO)c(S(C)(=O)=O)cc43)[C@H]2C(C)C)ncc1C(=O)O.O=C=O.O=C=O. The van der Waals surface area contributed by atoms with Crippen molar-refractivity contribution in [2.45, 2.75) is 227 Å². The predicted octanol–water partition coefficient (Wildman–Crippen LogP) is 10.5. The number of anilines is 3. The summed E-state index contributed by atoms with van der Waals surface area (Å²) in [5.41, 5.74) is 12.2. The summed E-state index contributed by atoms with van der Waals surface area (Å²) in [6.45, 7) is 34.7. The van der Waals surface area contributed by atoms with Crippen LogP contribution < -0.4 is 20.0 Å². The number of carbonyl (C=O) groups is 4. The van der Waals surface area contributed by atoms with Crippen molar-refractivity contribution in [3.8, 4) is 0 Å². The maximum absolute atomic E-state index is 12.5. The molecule has 0 bridgehead atoms. The largest absolute Gasteiger partial charge is 0.478 e. The molecule has 0 amide bonds. The van der Waals surface area contributed by atoms with E-state index < -0.39 is 76.4 Å². The van der Waals surface area contributed by atoms with Crippen molar-refractivity contribution in [1.82, 2.24) is 83.4 Å². The summed E-state index contributed by atoms with van der Waals surface area (Å²) in [5.74, 6) is 2.53. The first-order valence-electron chi connectivity index (χ1n) is 44.2. The molecule has 4 aromatic carbocycles. The second kappa shape index (κ2) is 46.0. The van der Waals surface area contributed by atoms with Crippen LogP contribution in [-0.4, -0.2) is 220 Å². The Morgan fingerprint density at radius 1 is 0.414 bits per heavy atom. The lowest BCUT2D eigenvalue weighted by Crippen LogP contribution is -2.42. The number of imidazole rings is 4. The molecular weight excluding hydrogens is 1910 g/mol. The van der Waals surface area contributed by atoms with E-state index in [-0.39, 0.29) is 106 Å². The number of nitrogens with zero attached hydrogens (tertiary/aromatic N) is 19. The van der Waals surface area contributed by atoms with Crippen LogP contribution in [0.1, 0.15) is 215 Å². The van der Waals surface area contributed by atoms with Crippen LogP contribution in [0, 0.1) is 51.4 Å². The van der Waals surface area contributed by atoms with Crippen LogP contribution >= 0.6 is 11.6 Å². The van der Waals surface area contributed by atoms with Crippen molar-refractivity contribution in [3.63, 3.8) is 0 Å². The van der Waals surface area contributed by atoms with E-state index in [9.17, 15) is 73.3 Å². The van der Waals surface area contributed by atoms with Crippen molar-refractivity contribution < 1.29 is 102 Å². The topological polar surface area (TPSA) is 569 Å². The molecule has 4 aliphatic heterocycles. The first-order chi connectivity index (χ1) is 65.3. The number of hydrogen-bond donors (Lipinski definition) is 5. The summed E-state index contributed by atoms with van der Waals surface area (Å²) in [6, 6.07) is 12.8. The Hall–Kier alpha value is -12.9. The van der Waals surface area contributed by atoms with E-state index in [0.717, 1.165) is 113 Å². The molecule has 140 heavy (non-hydrogen) atoms. The first-order valence-corrected chi connectivity index (χ1v) is 52.1. The number of aromatic carboxylic acids is 2. The Labute approximate surface area is 815 Å². The quantitative estimate of drug-likeness (QED) is 0.0329. The highest BCUT2D eigenvalue weighted by Gasteiger charge is 2.40. The molecule has 0 spiro atoms. The van der Waals surface area contributed by atoms with Gasteiger partial charge in [-0.1, -0.05) is 76.7 Å². The van der Waals surface area contributed by atoms with Gasteiger partial charge in [-0.25, -0.2) is 103 Å². The van der Waals surface area contributed by atoms with Gasteiger partial charge in [-0.2, -0.15) is 19.2 Å². The maximum Gasteiger partial charge on any atom is 0.373 e. The normalized spacial score (nSPS) is 15.5. The minimum Gasteiger partial charge on any atom is -0.478 e. The van der Waals surface area contributed by atoms with Gasteiger partial charge in [0.2, 0.25) is 23.1 Å². The number of ether oxygens (including phenoxy) is 2. The average Bonchev–Trinajstić information content (AvgIpc) is 1.59. The zero-order valence-electron chi connectivity index (χ0n) is 80.6. The number of rotatable bonds is 21. The van der Waals surface area contributed by atoms with Crippen molar-refractivity contribution in [2.24, 2.45) is 23.7 Å². The molecule has 47 heteroatoms. The molecular formula is C93H117ClN20O22S4. The zero-order valence-corrected chi connectivity index (χ0v) is 84.6. The van der Waals surface area contributed by atoms with Gasteiger partial charge in [0.1, 0.15) is 36.5 Å². The van der Waals surface area contributed by atoms with E-state index >= 15 is 0 Å². The van der Waals surface area contributed by atoms with Gasteiger partial charge in [0.25, 0.3) is 0 Å². The van der Waals surface area contributed by atoms with Gasteiger partial charge in [0, 0.05) is 139 Å². The highest BCUT2D eigenvalue weighted by atomic mass is 35.5. The van der Waals surface area contributed by atoms with E-state index in [4.69, 9.17) is 65.2 Å². The van der Waals surface area contributed by atoms with Crippen LogP contribution in [0.5, 0.6) is 0 Å². The second-order valence-corrected chi connectivity index (χ2v) is 43.2. The maximum atomic E-state index is 12.5. The molecule has 0 aliphatic carbocycles. The Balaban J connectivity index is 0.000000198. The van der Waals surface area contributed by atoms with Crippen LogP contribution in [0.15, 0.2) is 92.9 Å². The lowest BCUT2D eigenvalue weighted by atomic mass is 10.00. The Morgan fingerprint density at radius 2 is 0.700 bits per heavy atom. The predicted molar refractivity (Wildman–Crippen MR) is 516 cm³/mol. The minimum atomic E-state index is -3.54. The highest BCUT2D eigenvalue weighted by molar-refractivity contribution is 7.91. The number of aliphatic hydroxyl groups excluding tert-OH is 2. The molecule has 5 N–H and O–H groups in total. The van der Waals surface area contributed by atoms with Crippen LogP contribution in [0.4, 0.5) is 17.8 Å². The van der Waals surface area contributed by atoms with E-state index in [1.165, 1.54) is 26.2 Å². The van der Waals surface area contributed by atoms with E-state index in [0.29, 0.717) is 130 Å². The number of sulfone groups is 4. The number of benzene rings is 4. The lowest BCUT2D eigenvalue weighted by Gasteiger charge is -2.38. The van der Waals surface area contributed by atoms with Crippen molar-refractivity contribution in [1.29, 1.82) is 0 Å². The number of hydrogen-bond acceptors (Lipinski definition) is 36. The molecule has 42 nitrogen and oxygen atoms in total. The average molecular weight is 2030 g/mol. The summed E-state index contributed by atoms with van der Waals surface area (Å²) in [6.07, 6.45) is 13.2. The van der Waals surface area contributed by atoms with E-state index in [1.807, 2.05) is 66.7 Å². The number of carbonyl (C=O) groups excluding carboxylic acids is 6. The first kappa shape index (κ1) is 111. The molecule has 0 unspecified atom stereocenters. The number of fused-ring (bicyclic) bond motifs is 12. The van der Waals surface area contributed by atoms with Gasteiger partial charge in [0.05, 0.1) is 124 Å². The Kier molecular flexibility index (Phi) is 36.4. The zero-order chi connectivity index (χ0) is 103. The monoisotopic (exact) mass is 2030 g/mol. The fourth-order valence-corrected chi connectivity index (χ4v) is 21.2. The summed E-state index contributed by atoms with van der Waals surface area (Å²) >= 11 is 5.55. The fraction of sp³-hybridized carbons (Fsp3) is 0.462. The number of aromatic nitrogens is 16. The summed E-state index contributed by atoms with van der Waals surface area (Å²) in [7, 11) is -14.0. The molecule has 12 aromatic rings. The summed E-state index contributed by atoms with van der Waals surface area (Å²) in [5, 5.41) is 41.7. The number of carboxylic acids is 2. The highest BCUT2D eigenvalue weighted by Crippen LogP contribution is 2.43. The summed E-state index contributed by atoms with van der Waals surface area (Å²) in [4.78, 5) is 138. The molecule has 16 rings (SSSR count). The minimum absolute atomic E-state index is 0. The molecule has 0 fully saturated rings. The smallest absolute Gasteiger partial charge is 0.373 e. The van der Waals surface area contributed by atoms with Gasteiger partial charge in [-0.15, -0.1) is 0 Å². The third-order valence-electron chi connectivity index (χ3n) is 23.7. The molecule has 4 atom stereocenters. The van der Waals surface area contributed by atoms with Crippen molar-refractivity contribution in [2.75, 3.05) is 65.9 Å². The molecule has 4 aliphatic rings. The molecule has 0 saturated heterocycles. The fourth-order valence-electron chi connectivity index (χ4n) is 17.4. The summed E-state index contributed by atoms with van der Waals surface area (Å²) < 4.78 is 117. The Bertz CT molecular complexity index is 7040. The van der Waals surface area contributed by atoms with E-state index in [2.05, 4.69) is 95.8 Å². The standard InChI is InChI=1S/C24H31N5O4S.2C21H25N5O5S.C17H23N3O4S.C7H9ClN2.2CO2.CH4/c1-7-17-12-25-24(26-15(17)4)29-9-8-28-20-11-21(34(6,31)32)18(13-33-16(5)30)10-19(20)27-23(28)22(29)14(2)3;2*1-11(2)18-19-24-15-7-13(10-27)17(32(4,30)31)8-16(15)25(19)5-6-26(18)21-22-9-14(20(28)29)12(3)23-21;1-10(2)16-17-19-13-7-12(9-24-11(3)21)15(25(4,22)23)8-14(13)20(17)6-5-18-16;1-3-6-4-9-7(8)10-5(6)2;2*2-1-3;/h10-12,14,22H,7-9,13H2,1-6H3;2*7-9,11,18,27H,5-6,10H2,1-4H3,(H,28,29);7-8,10,16,18H,5-6,9H2,1-4H3;4H,3H2,1-2H3;;;1H4/t22-;2*18-;16-;;;;/m1101..../s1. The van der Waals surface area contributed by atoms with E-state index in [1.54, 1.807) is 68.6 Å². The molecule has 12 heterocycles. The third-order valence-corrected chi connectivity index (χ3v) is 28.6. The van der Waals surface area contributed by atoms with Gasteiger partial charge in [0.15, 0.2) is 39.3 Å². The molecule has 0 saturated carbocycles.